The minimum atomic E-state index is -0.395. The van der Waals surface area contributed by atoms with E-state index in [1.54, 1.807) is 30.5 Å². The molecule has 2 saturated heterocycles. The molecule has 2 aliphatic heterocycles. The number of rotatable bonds is 3. The summed E-state index contributed by atoms with van der Waals surface area (Å²) in [4.78, 5) is 27.3. The molecule has 4 heterocycles. The lowest BCUT2D eigenvalue weighted by Crippen LogP contribution is -2.48. The van der Waals surface area contributed by atoms with Gasteiger partial charge in [0.25, 0.3) is 11.5 Å². The number of H-pyrrole nitrogens is 1. The third-order valence-electron chi connectivity index (χ3n) is 4.75. The van der Waals surface area contributed by atoms with Gasteiger partial charge in [-0.25, -0.2) is 0 Å². The van der Waals surface area contributed by atoms with Crippen molar-refractivity contribution in [1.82, 2.24) is 15.6 Å². The maximum absolute atomic E-state index is 12.4. The van der Waals surface area contributed by atoms with Gasteiger partial charge in [0.2, 0.25) is 0 Å². The molecular formula is C17H20ClN3O3. The van der Waals surface area contributed by atoms with Gasteiger partial charge in [0.15, 0.2) is 0 Å². The van der Waals surface area contributed by atoms with E-state index in [4.69, 9.17) is 4.42 Å². The van der Waals surface area contributed by atoms with Crippen molar-refractivity contribution in [3.63, 3.8) is 0 Å². The second-order valence-corrected chi connectivity index (χ2v) is 6.37. The summed E-state index contributed by atoms with van der Waals surface area (Å²) >= 11 is 0. The van der Waals surface area contributed by atoms with Crippen LogP contribution >= 0.6 is 12.4 Å². The highest BCUT2D eigenvalue weighted by atomic mass is 35.5. The predicted octanol–water partition coefficient (Wildman–Crippen LogP) is 2.07. The first-order valence-corrected chi connectivity index (χ1v) is 8.03. The quantitative estimate of drug-likeness (QED) is 0.791. The molecule has 2 atom stereocenters. The number of aromatic nitrogens is 1. The third-order valence-corrected chi connectivity index (χ3v) is 4.75. The molecule has 6 nitrogen and oxygen atoms in total. The molecule has 2 fully saturated rings. The lowest BCUT2D eigenvalue weighted by Gasteiger charge is -2.29. The van der Waals surface area contributed by atoms with Crippen LogP contribution in [0.15, 0.2) is 39.7 Å². The van der Waals surface area contributed by atoms with Crippen LogP contribution in [0, 0.1) is 0 Å². The Hall–Kier alpha value is -2.05. The van der Waals surface area contributed by atoms with E-state index < -0.39 is 5.56 Å². The van der Waals surface area contributed by atoms with E-state index in [9.17, 15) is 9.59 Å². The van der Waals surface area contributed by atoms with Crippen molar-refractivity contribution in [2.24, 2.45) is 0 Å². The summed E-state index contributed by atoms with van der Waals surface area (Å²) in [7, 11) is 0. The van der Waals surface area contributed by atoms with E-state index in [2.05, 4.69) is 15.6 Å². The number of hydrogen-bond acceptors (Lipinski definition) is 4. The van der Waals surface area contributed by atoms with Gasteiger partial charge in [-0.3, -0.25) is 9.59 Å². The molecule has 3 N–H and O–H groups in total. The van der Waals surface area contributed by atoms with Crippen molar-refractivity contribution in [2.75, 3.05) is 0 Å². The zero-order chi connectivity index (χ0) is 15.8. The van der Waals surface area contributed by atoms with Gasteiger partial charge in [-0.2, -0.15) is 0 Å². The summed E-state index contributed by atoms with van der Waals surface area (Å²) in [5.74, 6) is 0.271. The molecule has 0 saturated carbocycles. The number of piperidine rings is 1. The Morgan fingerprint density at radius 3 is 2.54 bits per heavy atom. The van der Waals surface area contributed by atoms with Gasteiger partial charge in [0.05, 0.1) is 12.0 Å². The molecule has 2 aliphatic rings. The molecule has 128 valence electrons. The van der Waals surface area contributed by atoms with Crippen molar-refractivity contribution < 1.29 is 9.21 Å². The number of carbonyl (C=O) groups excluding carboxylic acids is 1. The van der Waals surface area contributed by atoms with Crippen LogP contribution in [0.2, 0.25) is 0 Å². The minimum Gasteiger partial charge on any atom is -0.463 e. The Balaban J connectivity index is 0.00000169. The van der Waals surface area contributed by atoms with E-state index >= 15 is 0 Å². The molecular weight excluding hydrogens is 330 g/mol. The Morgan fingerprint density at radius 1 is 1.17 bits per heavy atom. The summed E-state index contributed by atoms with van der Waals surface area (Å²) in [6.07, 6.45) is 5.76. The second kappa shape index (κ2) is 6.83. The third kappa shape index (κ3) is 3.25. The summed E-state index contributed by atoms with van der Waals surface area (Å²) in [5, 5.41) is 6.55. The number of nitrogens with one attached hydrogen (secondary N) is 3. The topological polar surface area (TPSA) is 87.1 Å². The highest BCUT2D eigenvalue weighted by molar-refractivity contribution is 5.94. The Bertz CT molecular complexity index is 760. The predicted molar refractivity (Wildman–Crippen MR) is 92.4 cm³/mol. The van der Waals surface area contributed by atoms with Crippen molar-refractivity contribution in [2.45, 2.75) is 43.8 Å². The molecule has 4 rings (SSSR count). The van der Waals surface area contributed by atoms with Gasteiger partial charge < -0.3 is 20.0 Å². The molecule has 2 unspecified atom stereocenters. The van der Waals surface area contributed by atoms with E-state index in [0.29, 0.717) is 23.5 Å². The first kappa shape index (κ1) is 16.8. The number of aromatic amines is 1. The maximum atomic E-state index is 12.4. The Kier molecular flexibility index (Phi) is 4.78. The van der Waals surface area contributed by atoms with Crippen molar-refractivity contribution in [1.29, 1.82) is 0 Å². The SMILES string of the molecule is Cl.O=C(NC1CC2CCC(C1)N2)c1ccc(-c2ccco2)[nH]c1=O. The van der Waals surface area contributed by atoms with Gasteiger partial charge in [0.1, 0.15) is 11.3 Å². The Morgan fingerprint density at radius 2 is 1.92 bits per heavy atom. The standard InChI is InChI=1S/C17H19N3O3.ClH/c21-16(19-12-8-10-3-4-11(9-12)18-10)13-5-6-14(20-17(13)22)15-2-1-7-23-15;/h1-2,5-7,10-12,18H,3-4,8-9H2,(H,19,21)(H,20,22);1H. The fourth-order valence-corrected chi connectivity index (χ4v) is 3.67. The summed E-state index contributed by atoms with van der Waals surface area (Å²) < 4.78 is 5.25. The lowest BCUT2D eigenvalue weighted by atomic mass is 9.99. The maximum Gasteiger partial charge on any atom is 0.261 e. The zero-order valence-electron chi connectivity index (χ0n) is 13.1. The van der Waals surface area contributed by atoms with Gasteiger partial charge in [0, 0.05) is 18.1 Å². The van der Waals surface area contributed by atoms with Gasteiger partial charge in [-0.1, -0.05) is 0 Å². The van der Waals surface area contributed by atoms with Crippen LogP contribution in [-0.2, 0) is 0 Å². The molecule has 0 aromatic carbocycles. The summed E-state index contributed by atoms with van der Waals surface area (Å²) in [5.41, 5.74) is 0.316. The van der Waals surface area contributed by atoms with Crippen LogP contribution in [0.1, 0.15) is 36.0 Å². The number of amides is 1. The van der Waals surface area contributed by atoms with Crippen molar-refractivity contribution in [3.8, 4) is 11.5 Å². The fraction of sp³-hybridized carbons (Fsp3) is 0.412. The van der Waals surface area contributed by atoms with E-state index in [-0.39, 0.29) is 29.9 Å². The van der Waals surface area contributed by atoms with E-state index in [1.807, 2.05) is 0 Å². The highest BCUT2D eigenvalue weighted by Gasteiger charge is 2.34. The number of furan rings is 1. The van der Waals surface area contributed by atoms with Gasteiger partial charge in [-0.15, -0.1) is 12.4 Å². The first-order valence-electron chi connectivity index (χ1n) is 8.03. The molecule has 2 aromatic heterocycles. The van der Waals surface area contributed by atoms with Crippen LogP contribution in [0.5, 0.6) is 0 Å². The Labute approximate surface area is 145 Å². The smallest absolute Gasteiger partial charge is 0.261 e. The van der Waals surface area contributed by atoms with Crippen LogP contribution < -0.4 is 16.2 Å². The first-order chi connectivity index (χ1) is 11.2. The summed E-state index contributed by atoms with van der Waals surface area (Å²) in [6, 6.07) is 7.90. The molecule has 24 heavy (non-hydrogen) atoms. The lowest BCUT2D eigenvalue weighted by molar-refractivity contribution is 0.0922. The monoisotopic (exact) mass is 349 g/mol. The van der Waals surface area contributed by atoms with Crippen LogP contribution in [0.25, 0.3) is 11.5 Å². The van der Waals surface area contributed by atoms with Gasteiger partial charge >= 0.3 is 0 Å². The highest BCUT2D eigenvalue weighted by Crippen LogP contribution is 2.26. The van der Waals surface area contributed by atoms with Crippen molar-refractivity contribution in [3.05, 3.63) is 46.4 Å². The zero-order valence-corrected chi connectivity index (χ0v) is 13.9. The second-order valence-electron chi connectivity index (χ2n) is 6.37. The minimum absolute atomic E-state index is 0. The molecule has 0 radical (unpaired) electrons. The molecule has 1 amide bonds. The summed E-state index contributed by atoms with van der Waals surface area (Å²) in [6.45, 7) is 0. The number of fused-ring (bicyclic) bond motifs is 2. The number of carbonyl (C=O) groups is 1. The normalized spacial score (nSPS) is 25.1. The fourth-order valence-electron chi connectivity index (χ4n) is 3.67. The van der Waals surface area contributed by atoms with E-state index in [1.165, 1.54) is 12.8 Å². The molecule has 7 heteroatoms. The largest absolute Gasteiger partial charge is 0.463 e. The van der Waals surface area contributed by atoms with Crippen molar-refractivity contribution >= 4 is 18.3 Å². The molecule has 2 bridgehead atoms. The average Bonchev–Trinajstić information content (AvgIpc) is 3.17. The average molecular weight is 350 g/mol. The van der Waals surface area contributed by atoms with Gasteiger partial charge in [-0.05, 0) is 49.9 Å². The van der Waals surface area contributed by atoms with E-state index in [0.717, 1.165) is 12.8 Å². The molecule has 2 aromatic rings. The van der Waals surface area contributed by atoms with Crippen LogP contribution in [0.4, 0.5) is 0 Å². The number of halogens is 1. The number of hydrogen-bond donors (Lipinski definition) is 3. The van der Waals surface area contributed by atoms with Crippen LogP contribution in [-0.4, -0.2) is 29.0 Å². The molecule has 0 spiro atoms. The van der Waals surface area contributed by atoms with Crippen LogP contribution in [0.3, 0.4) is 0 Å². The molecule has 0 aliphatic carbocycles. The number of pyridine rings is 1.